The van der Waals surface area contributed by atoms with Gasteiger partial charge in [0.15, 0.2) is 5.78 Å². The number of Topliss-reactive ketones (excluding diaryl/α,β-unsaturated/α-hetero) is 1. The van der Waals surface area contributed by atoms with Gasteiger partial charge in [-0.1, -0.05) is 17.7 Å². The molecule has 19 heavy (non-hydrogen) atoms. The number of aryl methyl sites for hydroxylation is 1. The Morgan fingerprint density at radius 2 is 1.63 bits per heavy atom. The van der Waals surface area contributed by atoms with E-state index in [0.717, 1.165) is 4.90 Å². The van der Waals surface area contributed by atoms with Crippen molar-refractivity contribution < 1.29 is 9.18 Å². The third-order valence-electron chi connectivity index (χ3n) is 2.83. The second-order valence-electron chi connectivity index (χ2n) is 4.44. The molecule has 0 spiro atoms. The number of hydrogen-bond donors (Lipinski definition) is 0. The molecule has 0 radical (unpaired) electrons. The number of carbonyl (C=O) groups is 1. The van der Waals surface area contributed by atoms with Gasteiger partial charge in [-0.05, 0) is 50.2 Å². The van der Waals surface area contributed by atoms with Crippen molar-refractivity contribution >= 4 is 17.5 Å². The normalized spacial score (nSPS) is 12.2. The summed E-state index contributed by atoms with van der Waals surface area (Å²) in [5, 5.41) is -0.187. The number of rotatable bonds is 4. The zero-order chi connectivity index (χ0) is 13.8. The van der Waals surface area contributed by atoms with Crippen molar-refractivity contribution in [2.45, 2.75) is 24.0 Å². The average Bonchev–Trinajstić information content (AvgIpc) is 2.41. The Morgan fingerprint density at radius 1 is 1.05 bits per heavy atom. The van der Waals surface area contributed by atoms with Crippen molar-refractivity contribution in [1.82, 2.24) is 0 Å². The average molecular weight is 274 g/mol. The fourth-order valence-electron chi connectivity index (χ4n) is 1.72. The Hall–Kier alpha value is -1.61. The molecule has 1 unspecified atom stereocenters. The van der Waals surface area contributed by atoms with Gasteiger partial charge in [-0.15, -0.1) is 11.8 Å². The van der Waals surface area contributed by atoms with Crippen molar-refractivity contribution in [3.05, 3.63) is 65.5 Å². The molecule has 0 bridgehead atoms. The van der Waals surface area contributed by atoms with Crippen LogP contribution in [0.2, 0.25) is 0 Å². The molecule has 1 atom stereocenters. The summed E-state index contributed by atoms with van der Waals surface area (Å²) < 4.78 is 12.8. The van der Waals surface area contributed by atoms with Crippen LogP contribution in [0.4, 0.5) is 4.39 Å². The molecule has 0 aliphatic heterocycles. The van der Waals surface area contributed by atoms with Crippen LogP contribution in [-0.2, 0) is 0 Å². The number of hydrogen-bond acceptors (Lipinski definition) is 2. The van der Waals surface area contributed by atoms with Crippen LogP contribution in [0, 0.1) is 12.7 Å². The van der Waals surface area contributed by atoms with E-state index in [2.05, 4.69) is 0 Å². The minimum absolute atomic E-state index is 0.0191. The third-order valence-corrected chi connectivity index (χ3v) is 3.94. The van der Waals surface area contributed by atoms with Gasteiger partial charge in [-0.2, -0.15) is 0 Å². The van der Waals surface area contributed by atoms with E-state index >= 15 is 0 Å². The van der Waals surface area contributed by atoms with E-state index in [1.165, 1.54) is 41.6 Å². The van der Waals surface area contributed by atoms with Crippen LogP contribution in [0.25, 0.3) is 0 Å². The molecule has 0 aliphatic carbocycles. The maximum Gasteiger partial charge on any atom is 0.175 e. The number of benzene rings is 2. The monoisotopic (exact) mass is 274 g/mol. The van der Waals surface area contributed by atoms with Gasteiger partial charge >= 0.3 is 0 Å². The van der Waals surface area contributed by atoms with Crippen molar-refractivity contribution in [3.63, 3.8) is 0 Å². The van der Waals surface area contributed by atoms with Gasteiger partial charge in [0.05, 0.1) is 5.25 Å². The summed E-state index contributed by atoms with van der Waals surface area (Å²) in [6.07, 6.45) is 0. The molecule has 0 heterocycles. The summed E-state index contributed by atoms with van der Waals surface area (Å²) in [5.74, 6) is -0.305. The summed E-state index contributed by atoms with van der Waals surface area (Å²) in [4.78, 5) is 13.2. The van der Waals surface area contributed by atoms with E-state index in [9.17, 15) is 9.18 Å². The van der Waals surface area contributed by atoms with Gasteiger partial charge in [0.25, 0.3) is 0 Å². The Balaban J connectivity index is 2.07. The van der Waals surface area contributed by atoms with Crippen LogP contribution >= 0.6 is 11.8 Å². The number of ketones is 1. The van der Waals surface area contributed by atoms with E-state index < -0.39 is 0 Å². The van der Waals surface area contributed by atoms with Gasteiger partial charge in [0, 0.05) is 10.5 Å². The maximum absolute atomic E-state index is 12.8. The summed E-state index contributed by atoms with van der Waals surface area (Å²) in [6.45, 7) is 3.90. The van der Waals surface area contributed by atoms with Gasteiger partial charge in [-0.25, -0.2) is 4.39 Å². The molecule has 0 saturated heterocycles. The van der Waals surface area contributed by atoms with E-state index in [1.54, 1.807) is 0 Å². The van der Waals surface area contributed by atoms with Gasteiger partial charge in [-0.3, -0.25) is 4.79 Å². The highest BCUT2D eigenvalue weighted by Crippen LogP contribution is 2.25. The van der Waals surface area contributed by atoms with Crippen LogP contribution in [0.5, 0.6) is 0 Å². The molecule has 2 aromatic carbocycles. The summed E-state index contributed by atoms with van der Waals surface area (Å²) >= 11 is 1.52. The van der Waals surface area contributed by atoms with Crippen LogP contribution in [0.3, 0.4) is 0 Å². The van der Waals surface area contributed by atoms with Gasteiger partial charge in [0.2, 0.25) is 0 Å². The van der Waals surface area contributed by atoms with Crippen molar-refractivity contribution in [3.8, 4) is 0 Å². The molecule has 0 aromatic heterocycles. The third kappa shape index (κ3) is 3.67. The molecule has 1 nitrogen and oxygen atoms in total. The smallest absolute Gasteiger partial charge is 0.175 e. The highest BCUT2D eigenvalue weighted by molar-refractivity contribution is 8.00. The summed E-state index contributed by atoms with van der Waals surface area (Å²) in [7, 11) is 0. The Labute approximate surface area is 116 Å². The van der Waals surface area contributed by atoms with Crippen LogP contribution in [-0.4, -0.2) is 11.0 Å². The minimum atomic E-state index is -0.324. The molecule has 0 saturated carbocycles. The Bertz CT molecular complexity index is 560. The van der Waals surface area contributed by atoms with Gasteiger partial charge < -0.3 is 0 Å². The largest absolute Gasteiger partial charge is 0.293 e. The zero-order valence-electron chi connectivity index (χ0n) is 10.9. The molecular weight excluding hydrogens is 259 g/mol. The predicted octanol–water partition coefficient (Wildman–Crippen LogP) is 4.50. The molecular formula is C16H15FOS. The lowest BCUT2D eigenvalue weighted by atomic mass is 10.1. The quantitative estimate of drug-likeness (QED) is 0.603. The first-order valence-corrected chi connectivity index (χ1v) is 6.97. The van der Waals surface area contributed by atoms with Crippen LogP contribution in [0.1, 0.15) is 22.8 Å². The molecule has 0 amide bonds. The molecule has 2 rings (SSSR count). The van der Waals surface area contributed by atoms with Crippen molar-refractivity contribution in [2.75, 3.05) is 0 Å². The maximum atomic E-state index is 12.8. The van der Waals surface area contributed by atoms with Crippen LogP contribution < -0.4 is 0 Å². The first-order valence-electron chi connectivity index (χ1n) is 6.09. The minimum Gasteiger partial charge on any atom is -0.293 e. The first kappa shape index (κ1) is 13.8. The molecule has 0 N–H and O–H groups in total. The predicted molar refractivity (Wildman–Crippen MR) is 77.2 cm³/mol. The highest BCUT2D eigenvalue weighted by Gasteiger charge is 2.16. The molecule has 0 aliphatic rings. The lowest BCUT2D eigenvalue weighted by Gasteiger charge is -2.10. The van der Waals surface area contributed by atoms with Crippen LogP contribution in [0.15, 0.2) is 53.4 Å². The van der Waals surface area contributed by atoms with Crippen molar-refractivity contribution in [2.24, 2.45) is 0 Å². The zero-order valence-corrected chi connectivity index (χ0v) is 11.7. The standard InChI is InChI=1S/C16H15FOS/c1-11-3-9-15(10-4-11)19-12(2)16(18)13-5-7-14(17)8-6-13/h3-10,12H,1-2H3. The highest BCUT2D eigenvalue weighted by atomic mass is 32.2. The van der Waals surface area contributed by atoms with E-state index in [4.69, 9.17) is 0 Å². The fourth-order valence-corrected chi connectivity index (χ4v) is 2.67. The topological polar surface area (TPSA) is 17.1 Å². The second kappa shape index (κ2) is 6.02. The SMILES string of the molecule is Cc1ccc(SC(C)C(=O)c2ccc(F)cc2)cc1. The van der Waals surface area contributed by atoms with E-state index in [0.29, 0.717) is 5.56 Å². The molecule has 98 valence electrons. The molecule has 2 aromatic rings. The number of thioether (sulfide) groups is 1. The number of carbonyl (C=O) groups excluding carboxylic acids is 1. The summed E-state index contributed by atoms with van der Waals surface area (Å²) in [5.41, 5.74) is 1.75. The Morgan fingerprint density at radius 3 is 2.21 bits per heavy atom. The lowest BCUT2D eigenvalue weighted by Crippen LogP contribution is -2.13. The Kier molecular flexibility index (Phi) is 4.38. The number of halogens is 1. The molecule has 0 fully saturated rings. The van der Waals surface area contributed by atoms with E-state index in [-0.39, 0.29) is 16.9 Å². The van der Waals surface area contributed by atoms with Crippen molar-refractivity contribution in [1.29, 1.82) is 0 Å². The molecule has 3 heteroatoms. The fraction of sp³-hybridized carbons (Fsp3) is 0.188. The lowest BCUT2D eigenvalue weighted by molar-refractivity contribution is 0.0994. The van der Waals surface area contributed by atoms with E-state index in [1.807, 2.05) is 38.1 Å². The summed E-state index contributed by atoms with van der Waals surface area (Å²) in [6, 6.07) is 13.8. The second-order valence-corrected chi connectivity index (χ2v) is 5.86. The van der Waals surface area contributed by atoms with Gasteiger partial charge in [0.1, 0.15) is 5.82 Å². The first-order chi connectivity index (χ1) is 9.06.